The molecule has 3 heteroatoms. The maximum atomic E-state index is 5.96. The fourth-order valence-corrected chi connectivity index (χ4v) is 1.70. The Morgan fingerprint density at radius 3 is 2.75 bits per heavy atom. The minimum Gasteiger partial charge on any atom is -0.313 e. The van der Waals surface area contributed by atoms with Gasteiger partial charge in [0.15, 0.2) is 0 Å². The topological polar surface area (TPSA) is 24.9 Å². The molecule has 1 N–H and O–H groups in total. The average molecular weight is 241 g/mol. The Morgan fingerprint density at radius 1 is 1.38 bits per heavy atom. The van der Waals surface area contributed by atoms with Crippen molar-refractivity contribution in [2.24, 2.45) is 5.41 Å². The molecule has 2 nitrogen and oxygen atoms in total. The van der Waals surface area contributed by atoms with Gasteiger partial charge < -0.3 is 5.32 Å². The third-order valence-corrected chi connectivity index (χ3v) is 2.77. The summed E-state index contributed by atoms with van der Waals surface area (Å²) in [6.07, 6.45) is 4.15. The maximum Gasteiger partial charge on any atom is 0.133 e. The predicted octanol–water partition coefficient (Wildman–Crippen LogP) is 3.65. The van der Waals surface area contributed by atoms with Crippen LogP contribution in [0, 0.1) is 5.41 Å². The molecule has 90 valence electrons. The lowest BCUT2D eigenvalue weighted by Gasteiger charge is -2.17. The highest BCUT2D eigenvalue weighted by Crippen LogP contribution is 2.19. The van der Waals surface area contributed by atoms with Crippen LogP contribution >= 0.6 is 11.6 Å². The normalized spacial score (nSPS) is 11.8. The summed E-state index contributed by atoms with van der Waals surface area (Å²) in [5.41, 5.74) is 1.49. The summed E-state index contributed by atoms with van der Waals surface area (Å²) in [7, 11) is 0. The molecule has 0 aromatic carbocycles. The van der Waals surface area contributed by atoms with Crippen molar-refractivity contribution in [3.63, 3.8) is 0 Å². The number of nitrogens with one attached hydrogen (secondary N) is 1. The van der Waals surface area contributed by atoms with Crippen LogP contribution in [0.4, 0.5) is 0 Å². The van der Waals surface area contributed by atoms with Gasteiger partial charge in [-0.2, -0.15) is 0 Å². The Labute approximate surface area is 103 Å². The molecule has 0 saturated heterocycles. The second-order valence-electron chi connectivity index (χ2n) is 5.29. The van der Waals surface area contributed by atoms with E-state index in [1.807, 2.05) is 12.1 Å². The summed E-state index contributed by atoms with van der Waals surface area (Å²) in [5.74, 6) is 0. The molecule has 1 aromatic heterocycles. The van der Waals surface area contributed by atoms with Crippen molar-refractivity contribution >= 4 is 11.6 Å². The zero-order valence-corrected chi connectivity index (χ0v) is 11.1. The number of hydrogen-bond acceptors (Lipinski definition) is 2. The molecule has 0 unspecified atom stereocenters. The van der Waals surface area contributed by atoms with Crippen molar-refractivity contribution in [1.82, 2.24) is 10.3 Å². The van der Waals surface area contributed by atoms with Gasteiger partial charge in [-0.25, -0.2) is 4.98 Å². The smallest absolute Gasteiger partial charge is 0.133 e. The molecule has 0 aliphatic carbocycles. The van der Waals surface area contributed by atoms with Gasteiger partial charge in [-0.05, 0) is 30.9 Å². The molecule has 1 heterocycles. The van der Waals surface area contributed by atoms with Crippen molar-refractivity contribution in [2.75, 3.05) is 6.54 Å². The molecule has 0 saturated carbocycles. The molecule has 0 fully saturated rings. The fourth-order valence-electron chi connectivity index (χ4n) is 1.52. The maximum absolute atomic E-state index is 5.96. The van der Waals surface area contributed by atoms with Gasteiger partial charge in [0.25, 0.3) is 0 Å². The van der Waals surface area contributed by atoms with E-state index in [0.29, 0.717) is 10.6 Å². The average Bonchev–Trinajstić information content (AvgIpc) is 2.18. The third kappa shape index (κ3) is 5.47. The van der Waals surface area contributed by atoms with E-state index < -0.39 is 0 Å². The summed E-state index contributed by atoms with van der Waals surface area (Å²) in [4.78, 5) is 4.04. The quantitative estimate of drug-likeness (QED) is 0.628. The summed E-state index contributed by atoms with van der Waals surface area (Å²) >= 11 is 5.96. The molecule has 0 spiro atoms. The summed E-state index contributed by atoms with van der Waals surface area (Å²) in [6.45, 7) is 8.64. The molecule has 16 heavy (non-hydrogen) atoms. The zero-order valence-electron chi connectivity index (χ0n) is 10.4. The van der Waals surface area contributed by atoms with Crippen LogP contribution in [0.5, 0.6) is 0 Å². The molecule has 0 radical (unpaired) electrons. The van der Waals surface area contributed by atoms with E-state index in [1.165, 1.54) is 12.8 Å². The minimum absolute atomic E-state index is 0.424. The van der Waals surface area contributed by atoms with Crippen LogP contribution < -0.4 is 5.32 Å². The van der Waals surface area contributed by atoms with Crippen molar-refractivity contribution in [3.05, 3.63) is 29.0 Å². The molecule has 0 bridgehead atoms. The van der Waals surface area contributed by atoms with E-state index in [9.17, 15) is 0 Å². The number of halogens is 1. The summed E-state index contributed by atoms with van der Waals surface area (Å²) < 4.78 is 0. The molecule has 0 atom stereocenters. The predicted molar refractivity (Wildman–Crippen MR) is 69.6 cm³/mol. The van der Waals surface area contributed by atoms with Gasteiger partial charge in [0.05, 0.1) is 0 Å². The van der Waals surface area contributed by atoms with Crippen LogP contribution in [-0.2, 0) is 6.54 Å². The fraction of sp³-hybridized carbons (Fsp3) is 0.615. The van der Waals surface area contributed by atoms with Crippen molar-refractivity contribution in [3.8, 4) is 0 Å². The van der Waals surface area contributed by atoms with Crippen LogP contribution in [0.1, 0.15) is 39.2 Å². The van der Waals surface area contributed by atoms with Crippen LogP contribution in [-0.4, -0.2) is 11.5 Å². The third-order valence-electron chi connectivity index (χ3n) is 2.43. The standard InChI is InChI=1S/C13H21ClN2/c1-13(2,3)7-5-8-15-10-11-6-4-9-16-12(11)14/h4,6,9,15H,5,7-8,10H2,1-3H3. The summed E-state index contributed by atoms with van der Waals surface area (Å²) in [5, 5.41) is 3.99. The van der Waals surface area contributed by atoms with E-state index in [-0.39, 0.29) is 0 Å². The van der Waals surface area contributed by atoms with Crippen LogP contribution in [0.15, 0.2) is 18.3 Å². The Hall–Kier alpha value is -0.600. The molecule has 0 amide bonds. The monoisotopic (exact) mass is 240 g/mol. The van der Waals surface area contributed by atoms with Gasteiger partial charge >= 0.3 is 0 Å². The Balaban J connectivity index is 2.19. The minimum atomic E-state index is 0.424. The number of pyridine rings is 1. The van der Waals surface area contributed by atoms with E-state index in [1.54, 1.807) is 6.20 Å². The molecule has 1 rings (SSSR count). The molecule has 0 aliphatic heterocycles. The van der Waals surface area contributed by atoms with Gasteiger partial charge in [-0.1, -0.05) is 38.4 Å². The summed E-state index contributed by atoms with van der Waals surface area (Å²) in [6, 6.07) is 3.92. The highest BCUT2D eigenvalue weighted by Gasteiger charge is 2.08. The van der Waals surface area contributed by atoms with Crippen molar-refractivity contribution in [2.45, 2.75) is 40.2 Å². The van der Waals surface area contributed by atoms with Crippen molar-refractivity contribution in [1.29, 1.82) is 0 Å². The zero-order chi connectivity index (χ0) is 12.0. The lowest BCUT2D eigenvalue weighted by atomic mass is 9.91. The van der Waals surface area contributed by atoms with Gasteiger partial charge in [-0.3, -0.25) is 0 Å². The largest absolute Gasteiger partial charge is 0.313 e. The second-order valence-corrected chi connectivity index (χ2v) is 5.65. The van der Waals surface area contributed by atoms with E-state index >= 15 is 0 Å². The van der Waals surface area contributed by atoms with Gasteiger partial charge in [0, 0.05) is 18.3 Å². The Morgan fingerprint density at radius 2 is 2.12 bits per heavy atom. The Kier molecular flexibility index (Phi) is 5.23. The first-order valence-corrected chi connectivity index (χ1v) is 6.17. The van der Waals surface area contributed by atoms with Gasteiger partial charge in [0.1, 0.15) is 5.15 Å². The second kappa shape index (κ2) is 6.21. The number of hydrogen-bond donors (Lipinski definition) is 1. The first kappa shape index (κ1) is 13.5. The lowest BCUT2D eigenvalue weighted by molar-refractivity contribution is 0.361. The first-order valence-electron chi connectivity index (χ1n) is 5.79. The van der Waals surface area contributed by atoms with Crippen LogP contribution in [0.3, 0.4) is 0 Å². The van der Waals surface area contributed by atoms with E-state index in [0.717, 1.165) is 18.7 Å². The SMILES string of the molecule is CC(C)(C)CCCNCc1cccnc1Cl. The number of rotatable bonds is 5. The van der Waals surface area contributed by atoms with Crippen molar-refractivity contribution < 1.29 is 0 Å². The van der Waals surface area contributed by atoms with Gasteiger partial charge in [0.2, 0.25) is 0 Å². The lowest BCUT2D eigenvalue weighted by Crippen LogP contribution is -2.17. The van der Waals surface area contributed by atoms with Gasteiger partial charge in [-0.15, -0.1) is 0 Å². The van der Waals surface area contributed by atoms with Crippen LogP contribution in [0.25, 0.3) is 0 Å². The van der Waals surface area contributed by atoms with E-state index in [4.69, 9.17) is 11.6 Å². The molecular formula is C13H21ClN2. The molecular weight excluding hydrogens is 220 g/mol. The number of nitrogens with zero attached hydrogens (tertiary/aromatic N) is 1. The highest BCUT2D eigenvalue weighted by molar-refractivity contribution is 6.30. The van der Waals surface area contributed by atoms with E-state index in [2.05, 4.69) is 31.1 Å². The highest BCUT2D eigenvalue weighted by atomic mass is 35.5. The first-order chi connectivity index (χ1) is 7.49. The molecule has 0 aliphatic rings. The Bertz CT molecular complexity index is 318. The van der Waals surface area contributed by atoms with Crippen LogP contribution in [0.2, 0.25) is 5.15 Å². The number of aromatic nitrogens is 1. The molecule has 1 aromatic rings.